The minimum atomic E-state index is 0.0336. The topological polar surface area (TPSA) is 69.6 Å². The molecule has 176 valence electrons. The smallest absolute Gasteiger partial charge is 0.242 e. The first-order chi connectivity index (χ1) is 16.0. The second-order valence-electron chi connectivity index (χ2n) is 8.98. The van der Waals surface area contributed by atoms with E-state index in [2.05, 4.69) is 22.0 Å². The molecule has 1 aliphatic heterocycles. The number of carbonyl (C=O) groups excluding carboxylic acids is 2. The highest BCUT2D eigenvalue weighted by Crippen LogP contribution is 2.32. The maximum atomic E-state index is 13.1. The first kappa shape index (κ1) is 23.5. The number of aromatic nitrogens is 2. The predicted octanol–water partition coefficient (Wildman–Crippen LogP) is 3.87. The average Bonchev–Trinajstić information content (AvgIpc) is 3.69. The molecule has 4 rings (SSSR count). The Balaban J connectivity index is 1.37. The molecule has 1 atom stereocenters. The van der Waals surface area contributed by atoms with Gasteiger partial charge in [0.2, 0.25) is 11.8 Å². The van der Waals surface area contributed by atoms with Crippen molar-refractivity contribution in [2.45, 2.75) is 45.6 Å². The Morgan fingerprint density at radius 3 is 2.55 bits per heavy atom. The summed E-state index contributed by atoms with van der Waals surface area (Å²) in [6.45, 7) is 7.06. The molecule has 2 amide bonds. The van der Waals surface area contributed by atoms with E-state index in [1.807, 2.05) is 48.2 Å². The quantitative estimate of drug-likeness (QED) is 0.615. The number of rotatable bonds is 7. The summed E-state index contributed by atoms with van der Waals surface area (Å²) < 4.78 is 0. The number of amides is 2. The lowest BCUT2D eigenvalue weighted by Crippen LogP contribution is -2.47. The lowest BCUT2D eigenvalue weighted by Gasteiger charge is -2.31. The van der Waals surface area contributed by atoms with E-state index in [4.69, 9.17) is 11.6 Å². The number of hydrogen-bond donors (Lipinski definition) is 0. The van der Waals surface area contributed by atoms with Gasteiger partial charge in [0.05, 0.1) is 17.3 Å². The van der Waals surface area contributed by atoms with Crippen LogP contribution in [0, 0.1) is 5.92 Å². The minimum absolute atomic E-state index is 0.0336. The van der Waals surface area contributed by atoms with Gasteiger partial charge < -0.3 is 14.7 Å². The maximum Gasteiger partial charge on any atom is 0.242 e. The molecule has 1 saturated heterocycles. The van der Waals surface area contributed by atoms with Gasteiger partial charge in [0.1, 0.15) is 0 Å². The number of halogens is 1. The van der Waals surface area contributed by atoms with E-state index in [0.717, 1.165) is 49.3 Å². The van der Waals surface area contributed by atoms with Crippen LogP contribution in [0.5, 0.6) is 0 Å². The van der Waals surface area contributed by atoms with E-state index in [-0.39, 0.29) is 30.3 Å². The van der Waals surface area contributed by atoms with E-state index >= 15 is 0 Å². The van der Waals surface area contributed by atoms with Crippen LogP contribution in [0.25, 0.3) is 11.3 Å². The molecular formula is C25H32ClN5O2. The third kappa shape index (κ3) is 5.64. The van der Waals surface area contributed by atoms with Gasteiger partial charge in [-0.25, -0.2) is 0 Å². The van der Waals surface area contributed by atoms with Crippen molar-refractivity contribution in [1.82, 2.24) is 20.0 Å². The number of hydrogen-bond acceptors (Lipinski definition) is 5. The van der Waals surface area contributed by atoms with Crippen LogP contribution in [0.15, 0.2) is 36.4 Å². The van der Waals surface area contributed by atoms with Crippen molar-refractivity contribution in [2.75, 3.05) is 37.6 Å². The lowest BCUT2D eigenvalue weighted by atomic mass is 10.1. The zero-order valence-corrected chi connectivity index (χ0v) is 20.2. The zero-order chi connectivity index (χ0) is 23.4. The normalized spacial score (nSPS) is 17.4. The lowest BCUT2D eigenvalue weighted by molar-refractivity contribution is -0.143. The highest BCUT2D eigenvalue weighted by Gasteiger charge is 2.36. The third-order valence-electron chi connectivity index (χ3n) is 6.61. The molecule has 1 aliphatic carbocycles. The van der Waals surface area contributed by atoms with Crippen LogP contribution >= 0.6 is 11.6 Å². The molecule has 1 saturated carbocycles. The summed E-state index contributed by atoms with van der Waals surface area (Å²) in [4.78, 5) is 31.6. The van der Waals surface area contributed by atoms with Crippen LogP contribution in [-0.4, -0.2) is 70.6 Å². The molecule has 1 aromatic heterocycles. The highest BCUT2D eigenvalue weighted by atomic mass is 35.5. The molecule has 1 aromatic carbocycles. The van der Waals surface area contributed by atoms with Gasteiger partial charge in [0.25, 0.3) is 0 Å². The first-order valence-corrected chi connectivity index (χ1v) is 12.3. The molecule has 0 radical (unpaired) electrons. The monoisotopic (exact) mass is 469 g/mol. The van der Waals surface area contributed by atoms with Crippen molar-refractivity contribution in [3.8, 4) is 11.3 Å². The Hall–Kier alpha value is -2.67. The molecule has 8 heteroatoms. The fourth-order valence-corrected chi connectivity index (χ4v) is 4.42. The molecular weight excluding hydrogens is 438 g/mol. The van der Waals surface area contributed by atoms with Gasteiger partial charge in [-0.2, -0.15) is 0 Å². The number of benzene rings is 1. The molecule has 0 N–H and O–H groups in total. The number of anilines is 1. The highest BCUT2D eigenvalue weighted by molar-refractivity contribution is 6.33. The van der Waals surface area contributed by atoms with Crippen LogP contribution < -0.4 is 4.90 Å². The minimum Gasteiger partial charge on any atom is -0.353 e. The Morgan fingerprint density at radius 1 is 1.09 bits per heavy atom. The molecule has 2 aromatic rings. The van der Waals surface area contributed by atoms with Gasteiger partial charge in [0, 0.05) is 43.7 Å². The fourth-order valence-electron chi connectivity index (χ4n) is 4.18. The van der Waals surface area contributed by atoms with Crippen LogP contribution in [0.3, 0.4) is 0 Å². The van der Waals surface area contributed by atoms with E-state index in [9.17, 15) is 9.59 Å². The van der Waals surface area contributed by atoms with Gasteiger partial charge in [-0.15, -0.1) is 10.2 Å². The number of nitrogens with zero attached hydrogens (tertiary/aromatic N) is 5. The summed E-state index contributed by atoms with van der Waals surface area (Å²) in [7, 11) is 0. The van der Waals surface area contributed by atoms with Crippen LogP contribution in [-0.2, 0) is 9.59 Å². The summed E-state index contributed by atoms with van der Waals surface area (Å²) in [5, 5.41) is 9.45. The predicted molar refractivity (Wildman–Crippen MR) is 130 cm³/mol. The molecule has 2 heterocycles. The van der Waals surface area contributed by atoms with E-state index in [1.54, 1.807) is 4.90 Å². The Kier molecular flexibility index (Phi) is 7.48. The van der Waals surface area contributed by atoms with Crippen LogP contribution in [0.1, 0.15) is 39.5 Å². The van der Waals surface area contributed by atoms with Crippen molar-refractivity contribution < 1.29 is 9.59 Å². The standard InChI is InChI=1S/C25H32ClN5O2/c1-3-18(2)31(25(33)19-9-10-19)17-24(32)30-14-6-13-29(15-16-30)23-12-11-22(27-28-23)20-7-4-5-8-21(20)26/h4-5,7-8,11-12,18-19H,3,6,9-10,13-17H2,1-2H3. The molecule has 1 unspecified atom stereocenters. The molecule has 33 heavy (non-hydrogen) atoms. The molecule has 0 spiro atoms. The molecule has 2 fully saturated rings. The van der Waals surface area contributed by atoms with E-state index < -0.39 is 0 Å². The maximum absolute atomic E-state index is 13.1. The van der Waals surface area contributed by atoms with Crippen molar-refractivity contribution in [1.29, 1.82) is 0 Å². The van der Waals surface area contributed by atoms with Crippen molar-refractivity contribution in [3.05, 3.63) is 41.4 Å². The second-order valence-corrected chi connectivity index (χ2v) is 9.38. The van der Waals surface area contributed by atoms with Gasteiger partial charge in [0.15, 0.2) is 5.82 Å². The van der Waals surface area contributed by atoms with E-state index in [0.29, 0.717) is 24.7 Å². The van der Waals surface area contributed by atoms with Gasteiger partial charge in [-0.3, -0.25) is 9.59 Å². The van der Waals surface area contributed by atoms with Gasteiger partial charge >= 0.3 is 0 Å². The molecule has 2 aliphatic rings. The molecule has 0 bridgehead atoms. The summed E-state index contributed by atoms with van der Waals surface area (Å²) in [6.07, 6.45) is 3.60. The Bertz CT molecular complexity index is 979. The summed E-state index contributed by atoms with van der Waals surface area (Å²) in [6, 6.07) is 11.6. The Labute approximate surface area is 200 Å². The van der Waals surface area contributed by atoms with Crippen molar-refractivity contribution in [2.24, 2.45) is 5.92 Å². The van der Waals surface area contributed by atoms with Crippen molar-refractivity contribution in [3.63, 3.8) is 0 Å². The van der Waals surface area contributed by atoms with Gasteiger partial charge in [-0.1, -0.05) is 36.7 Å². The van der Waals surface area contributed by atoms with Crippen LogP contribution in [0.4, 0.5) is 5.82 Å². The fraction of sp³-hybridized carbons (Fsp3) is 0.520. The summed E-state index contributed by atoms with van der Waals surface area (Å²) >= 11 is 6.28. The Morgan fingerprint density at radius 2 is 1.88 bits per heavy atom. The third-order valence-corrected chi connectivity index (χ3v) is 6.94. The largest absolute Gasteiger partial charge is 0.353 e. The number of carbonyl (C=O) groups is 2. The molecule has 7 nitrogen and oxygen atoms in total. The SMILES string of the molecule is CCC(C)N(CC(=O)N1CCCN(c2ccc(-c3ccccc3Cl)nn2)CC1)C(=O)C1CC1. The van der Waals surface area contributed by atoms with Crippen molar-refractivity contribution >= 4 is 29.2 Å². The van der Waals surface area contributed by atoms with E-state index in [1.165, 1.54) is 0 Å². The summed E-state index contributed by atoms with van der Waals surface area (Å²) in [5.74, 6) is 1.10. The first-order valence-electron chi connectivity index (χ1n) is 11.9. The zero-order valence-electron chi connectivity index (χ0n) is 19.4. The summed E-state index contributed by atoms with van der Waals surface area (Å²) in [5.41, 5.74) is 1.60. The van der Waals surface area contributed by atoms with Gasteiger partial charge in [-0.05, 0) is 50.8 Å². The second kappa shape index (κ2) is 10.5. The van der Waals surface area contributed by atoms with Crippen LogP contribution in [0.2, 0.25) is 5.02 Å². The average molecular weight is 470 g/mol.